The molecule has 0 aliphatic carbocycles. The first-order valence-corrected chi connectivity index (χ1v) is 9.74. The number of sulfone groups is 1. The fourth-order valence-electron chi connectivity index (χ4n) is 2.86. The SMILES string of the molecule is Cc1ccc(CN(C)[C@H](C)C(=O)N(C)[C@@H]2CCS(=O)(=O)C2)cc1. The van der Waals surface area contributed by atoms with Gasteiger partial charge in [-0.25, -0.2) is 8.42 Å². The first kappa shape index (κ1) is 17.9. The summed E-state index contributed by atoms with van der Waals surface area (Å²) < 4.78 is 23.2. The third-order valence-electron chi connectivity index (χ3n) is 4.67. The Bertz CT molecular complexity index is 655. The smallest absolute Gasteiger partial charge is 0.239 e. The predicted octanol–water partition coefficient (Wildman–Crippen LogP) is 1.46. The Kier molecular flexibility index (Phi) is 5.47. The molecule has 0 aromatic heterocycles. The number of aryl methyl sites for hydroxylation is 1. The summed E-state index contributed by atoms with van der Waals surface area (Å²) in [5.41, 5.74) is 2.37. The molecular formula is C17H26N2O3S. The Morgan fingerprint density at radius 1 is 1.26 bits per heavy atom. The van der Waals surface area contributed by atoms with Crippen LogP contribution in [0, 0.1) is 6.92 Å². The van der Waals surface area contributed by atoms with Crippen molar-refractivity contribution >= 4 is 15.7 Å². The van der Waals surface area contributed by atoms with Gasteiger partial charge in [-0.15, -0.1) is 0 Å². The summed E-state index contributed by atoms with van der Waals surface area (Å²) in [5.74, 6) is 0.244. The molecule has 6 heteroatoms. The molecule has 1 fully saturated rings. The number of benzene rings is 1. The number of carbonyl (C=O) groups is 1. The van der Waals surface area contributed by atoms with E-state index in [1.54, 1.807) is 11.9 Å². The Morgan fingerprint density at radius 3 is 2.39 bits per heavy atom. The van der Waals surface area contributed by atoms with Crippen molar-refractivity contribution in [3.05, 3.63) is 35.4 Å². The highest BCUT2D eigenvalue weighted by molar-refractivity contribution is 7.91. The average molecular weight is 338 g/mol. The highest BCUT2D eigenvalue weighted by Crippen LogP contribution is 2.18. The number of amides is 1. The molecule has 1 amide bonds. The molecule has 1 aromatic rings. The molecule has 1 heterocycles. The molecular weight excluding hydrogens is 312 g/mol. The van der Waals surface area contributed by atoms with Crippen molar-refractivity contribution in [3.63, 3.8) is 0 Å². The first-order chi connectivity index (χ1) is 10.7. The van der Waals surface area contributed by atoms with Gasteiger partial charge < -0.3 is 4.90 Å². The maximum absolute atomic E-state index is 12.6. The van der Waals surface area contributed by atoms with Crippen LogP contribution in [-0.4, -0.2) is 61.8 Å². The lowest BCUT2D eigenvalue weighted by Gasteiger charge is -2.31. The van der Waals surface area contributed by atoms with Crippen molar-refractivity contribution in [1.29, 1.82) is 0 Å². The van der Waals surface area contributed by atoms with Crippen LogP contribution in [-0.2, 0) is 21.2 Å². The Labute approximate surface area is 139 Å². The molecule has 1 aliphatic rings. The normalized spacial score (nSPS) is 21.3. The summed E-state index contributed by atoms with van der Waals surface area (Å²) in [5, 5.41) is 0. The fraction of sp³-hybridized carbons (Fsp3) is 0.588. The number of hydrogen-bond donors (Lipinski definition) is 0. The molecule has 0 radical (unpaired) electrons. The van der Waals surface area contributed by atoms with Crippen molar-refractivity contribution in [2.24, 2.45) is 0 Å². The van der Waals surface area contributed by atoms with Crippen molar-refractivity contribution in [2.75, 3.05) is 25.6 Å². The zero-order valence-corrected chi connectivity index (χ0v) is 15.1. The van der Waals surface area contributed by atoms with Crippen LogP contribution >= 0.6 is 0 Å². The minimum Gasteiger partial charge on any atom is -0.340 e. The largest absolute Gasteiger partial charge is 0.340 e. The minimum atomic E-state index is -2.98. The van der Waals surface area contributed by atoms with Gasteiger partial charge in [0.1, 0.15) is 0 Å². The van der Waals surface area contributed by atoms with E-state index in [0.717, 1.165) is 5.56 Å². The molecule has 1 aromatic carbocycles. The lowest BCUT2D eigenvalue weighted by molar-refractivity contribution is -0.136. The average Bonchev–Trinajstić information content (AvgIpc) is 2.87. The predicted molar refractivity (Wildman–Crippen MR) is 91.9 cm³/mol. The Balaban J connectivity index is 1.96. The van der Waals surface area contributed by atoms with E-state index in [0.29, 0.717) is 13.0 Å². The molecule has 1 aliphatic heterocycles. The summed E-state index contributed by atoms with van der Waals surface area (Å²) in [4.78, 5) is 16.2. The quantitative estimate of drug-likeness (QED) is 0.816. The van der Waals surface area contributed by atoms with Gasteiger partial charge in [0.25, 0.3) is 0 Å². The van der Waals surface area contributed by atoms with Crippen LogP contribution < -0.4 is 0 Å². The number of rotatable bonds is 5. The monoisotopic (exact) mass is 338 g/mol. The van der Waals surface area contributed by atoms with E-state index in [4.69, 9.17) is 0 Å². The molecule has 2 atom stereocenters. The van der Waals surface area contributed by atoms with Crippen LogP contribution in [0.15, 0.2) is 24.3 Å². The molecule has 0 spiro atoms. The van der Waals surface area contributed by atoms with Crippen LogP contribution in [0.2, 0.25) is 0 Å². The van der Waals surface area contributed by atoms with Crippen LogP contribution in [0.3, 0.4) is 0 Å². The standard InChI is InChI=1S/C17H26N2O3S/c1-13-5-7-15(8-6-13)11-18(3)14(2)17(20)19(4)16-9-10-23(21,22)12-16/h5-8,14,16H,9-12H2,1-4H3/t14-,16-/m1/s1. The van der Waals surface area contributed by atoms with E-state index in [-0.39, 0.29) is 29.5 Å². The third kappa shape index (κ3) is 4.54. The lowest BCUT2D eigenvalue weighted by atomic mass is 10.1. The molecule has 0 unspecified atom stereocenters. The zero-order chi connectivity index (χ0) is 17.2. The van der Waals surface area contributed by atoms with Crippen LogP contribution in [0.4, 0.5) is 0 Å². The summed E-state index contributed by atoms with van der Waals surface area (Å²) in [6, 6.07) is 7.77. The van der Waals surface area contributed by atoms with Gasteiger partial charge in [0.05, 0.1) is 17.5 Å². The number of nitrogens with zero attached hydrogens (tertiary/aromatic N) is 2. The van der Waals surface area contributed by atoms with E-state index in [1.165, 1.54) is 5.56 Å². The molecule has 1 saturated heterocycles. The van der Waals surface area contributed by atoms with E-state index in [2.05, 4.69) is 24.3 Å². The van der Waals surface area contributed by atoms with Gasteiger partial charge in [-0.05, 0) is 32.9 Å². The highest BCUT2D eigenvalue weighted by Gasteiger charge is 2.34. The zero-order valence-electron chi connectivity index (χ0n) is 14.3. The maximum Gasteiger partial charge on any atom is 0.239 e. The highest BCUT2D eigenvalue weighted by atomic mass is 32.2. The fourth-order valence-corrected chi connectivity index (χ4v) is 4.64. The lowest BCUT2D eigenvalue weighted by Crippen LogP contribution is -2.48. The molecule has 0 bridgehead atoms. The maximum atomic E-state index is 12.6. The summed E-state index contributed by atoms with van der Waals surface area (Å²) in [6.07, 6.45) is 0.541. The molecule has 23 heavy (non-hydrogen) atoms. The van der Waals surface area contributed by atoms with E-state index in [1.807, 2.05) is 25.8 Å². The number of carbonyl (C=O) groups excluding carboxylic acids is 1. The van der Waals surface area contributed by atoms with Crippen LogP contribution in [0.25, 0.3) is 0 Å². The van der Waals surface area contributed by atoms with Gasteiger partial charge in [0.15, 0.2) is 9.84 Å². The molecule has 5 nitrogen and oxygen atoms in total. The van der Waals surface area contributed by atoms with E-state index in [9.17, 15) is 13.2 Å². The van der Waals surface area contributed by atoms with Gasteiger partial charge in [-0.1, -0.05) is 29.8 Å². The van der Waals surface area contributed by atoms with Gasteiger partial charge in [0, 0.05) is 19.6 Å². The van der Waals surface area contributed by atoms with Crippen molar-refractivity contribution in [1.82, 2.24) is 9.80 Å². The second kappa shape index (κ2) is 7.01. The summed E-state index contributed by atoms with van der Waals surface area (Å²) >= 11 is 0. The van der Waals surface area contributed by atoms with Gasteiger partial charge in [-0.2, -0.15) is 0 Å². The number of hydrogen-bond acceptors (Lipinski definition) is 4. The summed E-state index contributed by atoms with van der Waals surface area (Å²) in [6.45, 7) is 4.60. The molecule has 2 rings (SSSR count). The Morgan fingerprint density at radius 2 is 1.87 bits per heavy atom. The van der Waals surface area contributed by atoms with Gasteiger partial charge >= 0.3 is 0 Å². The molecule has 0 N–H and O–H groups in total. The van der Waals surface area contributed by atoms with Crippen LogP contribution in [0.1, 0.15) is 24.5 Å². The van der Waals surface area contributed by atoms with Crippen LogP contribution in [0.5, 0.6) is 0 Å². The third-order valence-corrected chi connectivity index (χ3v) is 6.43. The number of likely N-dealkylation sites (N-methyl/N-ethyl adjacent to an activating group) is 2. The van der Waals surface area contributed by atoms with E-state index >= 15 is 0 Å². The van der Waals surface area contributed by atoms with Crippen molar-refractivity contribution in [3.8, 4) is 0 Å². The summed E-state index contributed by atoms with van der Waals surface area (Å²) in [7, 11) is 0.651. The first-order valence-electron chi connectivity index (χ1n) is 7.92. The topological polar surface area (TPSA) is 57.7 Å². The van der Waals surface area contributed by atoms with Crippen molar-refractivity contribution < 1.29 is 13.2 Å². The molecule has 128 valence electrons. The Hall–Kier alpha value is -1.40. The van der Waals surface area contributed by atoms with Gasteiger partial charge in [0.2, 0.25) is 5.91 Å². The van der Waals surface area contributed by atoms with E-state index < -0.39 is 9.84 Å². The molecule has 0 saturated carbocycles. The van der Waals surface area contributed by atoms with Gasteiger partial charge in [-0.3, -0.25) is 9.69 Å². The minimum absolute atomic E-state index is 0.0262. The second-order valence-electron chi connectivity index (χ2n) is 6.58. The van der Waals surface area contributed by atoms with Crippen molar-refractivity contribution in [2.45, 2.75) is 38.9 Å². The second-order valence-corrected chi connectivity index (χ2v) is 8.81.